The van der Waals surface area contributed by atoms with E-state index < -0.39 is 17.4 Å². The molecule has 0 saturated heterocycles. The Morgan fingerprint density at radius 3 is 1.63 bits per heavy atom. The number of rotatable bonds is 9. The van der Waals surface area contributed by atoms with Crippen molar-refractivity contribution in [3.8, 4) is 11.5 Å². The third-order valence-electron chi connectivity index (χ3n) is 6.01. The molecule has 3 aromatic carbocycles. The number of ether oxygens (including phenoxy) is 2. The Morgan fingerprint density at radius 2 is 1.17 bits per heavy atom. The van der Waals surface area contributed by atoms with Crippen LogP contribution in [0.15, 0.2) is 96.1 Å². The standard InChI is InChI=1S/C28H26N2O5/c1-21-28(19-17-25(31)34-23-13-7-3-8-14-23,20-18-26(32)35-24-15-9-4-10-16-24)27(33)30(29-21)22-11-5-2-6-12-22/h2-16H,17-20H2,1H3. The van der Waals surface area contributed by atoms with Crippen LogP contribution >= 0.6 is 0 Å². The molecule has 0 aliphatic carbocycles. The van der Waals surface area contributed by atoms with Gasteiger partial charge in [-0.3, -0.25) is 14.4 Å². The van der Waals surface area contributed by atoms with Gasteiger partial charge in [0.05, 0.1) is 16.8 Å². The van der Waals surface area contributed by atoms with Crippen LogP contribution in [-0.4, -0.2) is 23.6 Å². The maximum Gasteiger partial charge on any atom is 0.311 e. The lowest BCUT2D eigenvalue weighted by Crippen LogP contribution is -2.40. The van der Waals surface area contributed by atoms with Crippen LogP contribution in [0, 0.1) is 5.41 Å². The summed E-state index contributed by atoms with van der Waals surface area (Å²) in [5.74, 6) is -0.317. The van der Waals surface area contributed by atoms with Crippen LogP contribution in [0.1, 0.15) is 32.6 Å². The zero-order valence-corrected chi connectivity index (χ0v) is 19.4. The second-order valence-electron chi connectivity index (χ2n) is 8.29. The summed E-state index contributed by atoms with van der Waals surface area (Å²) < 4.78 is 10.8. The van der Waals surface area contributed by atoms with E-state index in [-0.39, 0.29) is 31.6 Å². The van der Waals surface area contributed by atoms with E-state index in [1.165, 1.54) is 5.01 Å². The highest BCUT2D eigenvalue weighted by molar-refractivity contribution is 6.18. The normalized spacial score (nSPS) is 14.4. The third kappa shape index (κ3) is 5.63. The van der Waals surface area contributed by atoms with E-state index in [9.17, 15) is 14.4 Å². The third-order valence-corrected chi connectivity index (χ3v) is 6.01. The van der Waals surface area contributed by atoms with Crippen LogP contribution in [0.4, 0.5) is 5.69 Å². The van der Waals surface area contributed by atoms with E-state index in [2.05, 4.69) is 5.10 Å². The largest absolute Gasteiger partial charge is 0.427 e. The molecule has 0 bridgehead atoms. The Morgan fingerprint density at radius 1 is 0.743 bits per heavy atom. The molecule has 0 fully saturated rings. The summed E-state index contributed by atoms with van der Waals surface area (Å²) in [5, 5.41) is 5.86. The second-order valence-corrected chi connectivity index (χ2v) is 8.29. The van der Waals surface area contributed by atoms with E-state index in [1.54, 1.807) is 67.6 Å². The number of nitrogens with zero attached hydrogens (tertiary/aromatic N) is 2. The Kier molecular flexibility index (Phi) is 7.35. The molecule has 0 saturated carbocycles. The van der Waals surface area contributed by atoms with Gasteiger partial charge in [0.1, 0.15) is 11.5 Å². The van der Waals surface area contributed by atoms with Gasteiger partial charge < -0.3 is 9.47 Å². The molecule has 35 heavy (non-hydrogen) atoms. The van der Waals surface area contributed by atoms with E-state index >= 15 is 0 Å². The summed E-state index contributed by atoms with van der Waals surface area (Å²) in [6.07, 6.45) is 0.303. The monoisotopic (exact) mass is 470 g/mol. The molecule has 4 rings (SSSR count). The van der Waals surface area contributed by atoms with Crippen LogP contribution in [0.3, 0.4) is 0 Å². The van der Waals surface area contributed by atoms with Crippen molar-refractivity contribution < 1.29 is 23.9 Å². The second kappa shape index (κ2) is 10.8. The SMILES string of the molecule is CC1=NN(c2ccccc2)C(=O)C1(CCC(=O)Oc1ccccc1)CCC(=O)Oc1ccccc1. The van der Waals surface area contributed by atoms with Gasteiger partial charge in [-0.05, 0) is 56.2 Å². The molecule has 0 atom stereocenters. The van der Waals surface area contributed by atoms with Crippen molar-refractivity contribution in [2.75, 3.05) is 5.01 Å². The first-order chi connectivity index (χ1) is 17.0. The molecule has 1 aliphatic heterocycles. The van der Waals surface area contributed by atoms with Gasteiger partial charge >= 0.3 is 11.9 Å². The number of carbonyl (C=O) groups is 3. The first kappa shape index (κ1) is 23.9. The van der Waals surface area contributed by atoms with Crippen LogP contribution in [0.5, 0.6) is 11.5 Å². The number of esters is 2. The van der Waals surface area contributed by atoms with Crippen molar-refractivity contribution in [1.82, 2.24) is 0 Å². The molecule has 0 aromatic heterocycles. The average molecular weight is 471 g/mol. The molecular formula is C28H26N2O5. The van der Waals surface area contributed by atoms with Gasteiger partial charge in [-0.15, -0.1) is 0 Å². The minimum absolute atomic E-state index is 0.0101. The summed E-state index contributed by atoms with van der Waals surface area (Å²) >= 11 is 0. The van der Waals surface area contributed by atoms with Crippen LogP contribution in [-0.2, 0) is 14.4 Å². The minimum atomic E-state index is -1.12. The van der Waals surface area contributed by atoms with Crippen molar-refractivity contribution in [3.05, 3.63) is 91.0 Å². The topological polar surface area (TPSA) is 85.3 Å². The van der Waals surface area contributed by atoms with Gasteiger partial charge in [0.15, 0.2) is 0 Å². The molecule has 0 radical (unpaired) electrons. The molecule has 7 heteroatoms. The summed E-state index contributed by atoms with van der Waals surface area (Å²) in [4.78, 5) is 38.8. The summed E-state index contributed by atoms with van der Waals surface area (Å²) in [5.41, 5.74) is 0.0465. The van der Waals surface area contributed by atoms with Gasteiger partial charge in [0.25, 0.3) is 5.91 Å². The molecule has 0 unspecified atom stereocenters. The fraction of sp³-hybridized carbons (Fsp3) is 0.214. The fourth-order valence-corrected chi connectivity index (χ4v) is 4.07. The highest BCUT2D eigenvalue weighted by Gasteiger charge is 2.49. The van der Waals surface area contributed by atoms with Gasteiger partial charge in [0, 0.05) is 12.8 Å². The van der Waals surface area contributed by atoms with Gasteiger partial charge in [-0.25, -0.2) is 0 Å². The average Bonchev–Trinajstić information content (AvgIpc) is 3.13. The molecule has 178 valence electrons. The number of hydrogen-bond donors (Lipinski definition) is 0. The van der Waals surface area contributed by atoms with Crippen LogP contribution < -0.4 is 14.5 Å². The fourth-order valence-electron chi connectivity index (χ4n) is 4.07. The summed E-state index contributed by atoms with van der Waals surface area (Å²) in [7, 11) is 0. The number of benzene rings is 3. The summed E-state index contributed by atoms with van der Waals surface area (Å²) in [6, 6.07) is 26.6. The van der Waals surface area contributed by atoms with Crippen molar-refractivity contribution in [2.24, 2.45) is 10.5 Å². The molecular weight excluding hydrogens is 444 g/mol. The van der Waals surface area contributed by atoms with Crippen LogP contribution in [0.25, 0.3) is 0 Å². The molecule has 1 aliphatic rings. The van der Waals surface area contributed by atoms with Crippen LogP contribution in [0.2, 0.25) is 0 Å². The van der Waals surface area contributed by atoms with E-state index in [4.69, 9.17) is 9.47 Å². The molecule has 7 nitrogen and oxygen atoms in total. The van der Waals surface area contributed by atoms with E-state index in [0.717, 1.165) is 0 Å². The van der Waals surface area contributed by atoms with Gasteiger partial charge in [0.2, 0.25) is 0 Å². The number of anilines is 1. The lowest BCUT2D eigenvalue weighted by molar-refractivity contribution is -0.135. The molecule has 0 N–H and O–H groups in total. The first-order valence-corrected chi connectivity index (χ1v) is 11.4. The van der Waals surface area contributed by atoms with Gasteiger partial charge in [-0.2, -0.15) is 10.1 Å². The first-order valence-electron chi connectivity index (χ1n) is 11.4. The number of para-hydroxylation sites is 3. The maximum absolute atomic E-state index is 13.7. The lowest BCUT2D eigenvalue weighted by Gasteiger charge is -2.27. The zero-order valence-electron chi connectivity index (χ0n) is 19.4. The predicted octanol–water partition coefficient (Wildman–Crippen LogP) is 5.17. The summed E-state index contributed by atoms with van der Waals surface area (Å²) in [6.45, 7) is 1.76. The Bertz CT molecular complexity index is 1150. The van der Waals surface area contributed by atoms with Crippen molar-refractivity contribution in [1.29, 1.82) is 0 Å². The predicted molar refractivity (Wildman–Crippen MR) is 132 cm³/mol. The van der Waals surface area contributed by atoms with Crippen molar-refractivity contribution >= 4 is 29.2 Å². The molecule has 0 spiro atoms. The van der Waals surface area contributed by atoms with Crippen molar-refractivity contribution in [3.63, 3.8) is 0 Å². The molecule has 1 heterocycles. The maximum atomic E-state index is 13.7. The minimum Gasteiger partial charge on any atom is -0.427 e. The highest BCUT2D eigenvalue weighted by Crippen LogP contribution is 2.40. The molecule has 3 aromatic rings. The smallest absolute Gasteiger partial charge is 0.311 e. The quantitative estimate of drug-likeness (QED) is 0.318. The van der Waals surface area contributed by atoms with E-state index in [1.807, 2.05) is 30.3 Å². The van der Waals surface area contributed by atoms with Crippen molar-refractivity contribution in [2.45, 2.75) is 32.6 Å². The number of carbonyl (C=O) groups excluding carboxylic acids is 3. The Hall–Kier alpha value is -4.26. The zero-order chi connectivity index (χ0) is 24.7. The molecule has 1 amide bonds. The number of amides is 1. The number of hydrazone groups is 1. The van der Waals surface area contributed by atoms with Gasteiger partial charge in [-0.1, -0.05) is 54.6 Å². The highest BCUT2D eigenvalue weighted by atomic mass is 16.5. The lowest BCUT2D eigenvalue weighted by atomic mass is 9.75. The Balaban J connectivity index is 1.50. The van der Waals surface area contributed by atoms with E-state index in [0.29, 0.717) is 22.9 Å². The Labute approximate surface area is 204 Å². The number of hydrogen-bond acceptors (Lipinski definition) is 6.